The average Bonchev–Trinajstić information content (AvgIpc) is 3.57. The minimum atomic E-state index is -0.582. The number of benzene rings is 2. The van der Waals surface area contributed by atoms with E-state index >= 15 is 0 Å². The van der Waals surface area contributed by atoms with E-state index in [-0.39, 0.29) is 12.2 Å². The van der Waals surface area contributed by atoms with Gasteiger partial charge in [-0.05, 0) is 61.6 Å². The van der Waals surface area contributed by atoms with E-state index in [1.165, 1.54) is 22.7 Å². The molecule has 0 saturated carbocycles. The fourth-order valence-electron chi connectivity index (χ4n) is 4.62. The van der Waals surface area contributed by atoms with Crippen molar-refractivity contribution in [3.05, 3.63) is 119 Å². The Balaban J connectivity index is 1.53. The van der Waals surface area contributed by atoms with Crippen LogP contribution in [0.5, 0.6) is 0 Å². The summed E-state index contributed by atoms with van der Waals surface area (Å²) in [5.74, 6) is -0.463. The summed E-state index contributed by atoms with van der Waals surface area (Å²) in [7, 11) is 0. The molecule has 1 atom stereocenters. The average molecular weight is 544 g/mol. The number of hydrogen-bond acceptors (Lipinski definition) is 7. The molecular formula is C30H29N3O3S2. The summed E-state index contributed by atoms with van der Waals surface area (Å²) in [5.41, 5.74) is 3.79. The fraction of sp³-hybridized carbons (Fsp3) is 0.233. The zero-order valence-electron chi connectivity index (χ0n) is 21.6. The van der Waals surface area contributed by atoms with Gasteiger partial charge in [-0.1, -0.05) is 59.9 Å². The van der Waals surface area contributed by atoms with Crippen molar-refractivity contribution >= 4 is 40.4 Å². The lowest BCUT2D eigenvalue weighted by atomic mass is 10.0. The Hall–Kier alpha value is -3.75. The predicted octanol–water partition coefficient (Wildman–Crippen LogP) is 4.89. The molecule has 6 nitrogen and oxygen atoms in total. The summed E-state index contributed by atoms with van der Waals surface area (Å²) in [6, 6.07) is 21.1. The van der Waals surface area contributed by atoms with Gasteiger partial charge in [0.1, 0.15) is 12.6 Å². The Morgan fingerprint density at radius 3 is 2.45 bits per heavy atom. The molecule has 3 heterocycles. The minimum Gasteiger partial charge on any atom is -0.457 e. The van der Waals surface area contributed by atoms with Crippen LogP contribution in [-0.4, -0.2) is 23.6 Å². The summed E-state index contributed by atoms with van der Waals surface area (Å²) in [6.07, 6.45) is 1.90. The van der Waals surface area contributed by atoms with Gasteiger partial charge in [0, 0.05) is 23.7 Å². The first-order valence-corrected chi connectivity index (χ1v) is 14.3. The number of anilines is 1. The Morgan fingerprint density at radius 1 is 1.05 bits per heavy atom. The number of nitrogens with zero attached hydrogens (tertiary/aromatic N) is 3. The highest BCUT2D eigenvalue weighted by molar-refractivity contribution is 7.10. The molecule has 38 heavy (non-hydrogen) atoms. The molecule has 5 rings (SSSR count). The largest absolute Gasteiger partial charge is 0.457 e. The molecular weight excluding hydrogens is 514 g/mol. The van der Waals surface area contributed by atoms with Gasteiger partial charge >= 0.3 is 5.97 Å². The lowest BCUT2D eigenvalue weighted by Gasteiger charge is -2.23. The van der Waals surface area contributed by atoms with Crippen LogP contribution in [0.4, 0.5) is 5.69 Å². The Labute approximate surface area is 229 Å². The monoisotopic (exact) mass is 543 g/mol. The van der Waals surface area contributed by atoms with Crippen LogP contribution in [0.1, 0.15) is 42.8 Å². The first kappa shape index (κ1) is 25.9. The van der Waals surface area contributed by atoms with Gasteiger partial charge in [0.15, 0.2) is 4.80 Å². The van der Waals surface area contributed by atoms with Crippen molar-refractivity contribution in [1.82, 2.24) is 4.57 Å². The number of ether oxygens (including phenoxy) is 1. The lowest BCUT2D eigenvalue weighted by Crippen LogP contribution is -2.39. The highest BCUT2D eigenvalue weighted by Gasteiger charge is 2.34. The van der Waals surface area contributed by atoms with E-state index in [0.717, 1.165) is 34.8 Å². The SMILES string of the molecule is CCN(CC)c1ccc(/C=c2/sc3n(c2=O)[C@H](c2cccs2)C(C(=O)OCc2ccccc2)=C(C)N=3)cc1. The molecule has 0 fully saturated rings. The normalized spacial score (nSPS) is 15.2. The van der Waals surface area contributed by atoms with E-state index in [2.05, 4.69) is 35.9 Å². The zero-order chi connectivity index (χ0) is 26.6. The first-order chi connectivity index (χ1) is 18.5. The van der Waals surface area contributed by atoms with Gasteiger partial charge in [-0.2, -0.15) is 0 Å². The van der Waals surface area contributed by atoms with Crippen LogP contribution in [0.2, 0.25) is 0 Å². The van der Waals surface area contributed by atoms with E-state index in [0.29, 0.717) is 20.6 Å². The molecule has 0 amide bonds. The molecule has 0 aliphatic carbocycles. The number of allylic oxidation sites excluding steroid dienone is 1. The molecule has 2 aromatic heterocycles. The number of carbonyl (C=O) groups excluding carboxylic acids is 1. The molecule has 0 radical (unpaired) electrons. The van der Waals surface area contributed by atoms with Crippen LogP contribution in [0, 0.1) is 0 Å². The highest BCUT2D eigenvalue weighted by atomic mass is 32.1. The van der Waals surface area contributed by atoms with Crippen molar-refractivity contribution in [2.75, 3.05) is 18.0 Å². The number of fused-ring (bicyclic) bond motifs is 1. The van der Waals surface area contributed by atoms with Crippen molar-refractivity contribution < 1.29 is 9.53 Å². The van der Waals surface area contributed by atoms with Gasteiger partial charge < -0.3 is 9.64 Å². The third-order valence-corrected chi connectivity index (χ3v) is 8.49. The van der Waals surface area contributed by atoms with Crippen LogP contribution >= 0.6 is 22.7 Å². The number of aromatic nitrogens is 1. The van der Waals surface area contributed by atoms with Crippen molar-refractivity contribution in [1.29, 1.82) is 0 Å². The number of carbonyl (C=O) groups is 1. The van der Waals surface area contributed by atoms with E-state index in [1.54, 1.807) is 4.57 Å². The minimum absolute atomic E-state index is 0.154. The van der Waals surface area contributed by atoms with Gasteiger partial charge in [-0.3, -0.25) is 9.36 Å². The Morgan fingerprint density at radius 2 is 1.79 bits per heavy atom. The van der Waals surface area contributed by atoms with Gasteiger partial charge in [0.05, 0.1) is 15.8 Å². The Kier molecular flexibility index (Phi) is 7.72. The quantitative estimate of drug-likeness (QED) is 0.297. The topological polar surface area (TPSA) is 63.9 Å². The smallest absolute Gasteiger partial charge is 0.338 e. The van der Waals surface area contributed by atoms with Gasteiger partial charge in [-0.25, -0.2) is 9.79 Å². The maximum atomic E-state index is 13.7. The van der Waals surface area contributed by atoms with E-state index in [9.17, 15) is 9.59 Å². The lowest BCUT2D eigenvalue weighted by molar-refractivity contribution is -0.140. The molecule has 0 spiro atoms. The number of hydrogen-bond donors (Lipinski definition) is 0. The third-order valence-electron chi connectivity index (χ3n) is 6.59. The molecule has 4 aromatic rings. The summed E-state index contributed by atoms with van der Waals surface area (Å²) in [5, 5.41) is 1.95. The second-order valence-corrected chi connectivity index (χ2v) is 10.9. The van der Waals surface area contributed by atoms with Crippen molar-refractivity contribution in [2.45, 2.75) is 33.4 Å². The van der Waals surface area contributed by atoms with E-state index in [4.69, 9.17) is 4.74 Å². The van der Waals surface area contributed by atoms with Gasteiger partial charge in [0.25, 0.3) is 5.56 Å². The number of rotatable bonds is 8. The number of esters is 1. The summed E-state index contributed by atoms with van der Waals surface area (Å²) in [6.45, 7) is 8.11. The molecule has 0 unspecified atom stereocenters. The van der Waals surface area contributed by atoms with Crippen molar-refractivity contribution in [2.24, 2.45) is 4.99 Å². The molecule has 0 N–H and O–H groups in total. The molecule has 8 heteroatoms. The molecule has 1 aliphatic heterocycles. The second kappa shape index (κ2) is 11.3. The maximum absolute atomic E-state index is 13.7. The fourth-order valence-corrected chi connectivity index (χ4v) is 6.49. The third kappa shape index (κ3) is 5.14. The predicted molar refractivity (Wildman–Crippen MR) is 154 cm³/mol. The number of thiophene rings is 1. The number of thiazole rings is 1. The maximum Gasteiger partial charge on any atom is 0.338 e. The standard InChI is InChI=1S/C30H29N3O3S2/c1-4-32(5-2)23-15-13-21(14-16-23)18-25-28(34)33-27(24-12-9-17-37-24)26(20(3)31-30(33)38-25)29(35)36-19-22-10-7-6-8-11-22/h6-18,27H,4-5,19H2,1-3H3/b25-18+/t27-/m1/s1. The van der Waals surface area contributed by atoms with Crippen LogP contribution < -0.4 is 19.8 Å². The van der Waals surface area contributed by atoms with E-state index in [1.807, 2.05) is 73.0 Å². The summed E-state index contributed by atoms with van der Waals surface area (Å²) >= 11 is 2.85. The molecule has 0 bridgehead atoms. The van der Waals surface area contributed by atoms with Gasteiger partial charge in [-0.15, -0.1) is 11.3 Å². The van der Waals surface area contributed by atoms with Gasteiger partial charge in [0.2, 0.25) is 0 Å². The van der Waals surface area contributed by atoms with Crippen LogP contribution in [0.25, 0.3) is 6.08 Å². The van der Waals surface area contributed by atoms with Crippen LogP contribution in [0.3, 0.4) is 0 Å². The highest BCUT2D eigenvalue weighted by Crippen LogP contribution is 2.33. The van der Waals surface area contributed by atoms with Crippen molar-refractivity contribution in [3.8, 4) is 0 Å². The zero-order valence-corrected chi connectivity index (χ0v) is 23.2. The summed E-state index contributed by atoms with van der Waals surface area (Å²) < 4.78 is 7.91. The molecule has 0 saturated heterocycles. The van der Waals surface area contributed by atoms with Crippen LogP contribution in [-0.2, 0) is 16.1 Å². The molecule has 194 valence electrons. The van der Waals surface area contributed by atoms with E-state index < -0.39 is 12.0 Å². The second-order valence-electron chi connectivity index (χ2n) is 8.92. The molecule has 1 aliphatic rings. The summed E-state index contributed by atoms with van der Waals surface area (Å²) in [4.78, 5) is 35.6. The first-order valence-electron chi connectivity index (χ1n) is 12.6. The van der Waals surface area contributed by atoms with Crippen molar-refractivity contribution in [3.63, 3.8) is 0 Å². The Bertz CT molecular complexity index is 1630. The van der Waals surface area contributed by atoms with Crippen LogP contribution in [0.15, 0.2) is 93.2 Å². The molecule has 2 aromatic carbocycles.